The highest BCUT2D eigenvalue weighted by atomic mass is 32.1. The number of nitrogens with zero attached hydrogens (tertiary/aromatic N) is 1. The van der Waals surface area contributed by atoms with Gasteiger partial charge in [-0.25, -0.2) is 4.98 Å². The Morgan fingerprint density at radius 1 is 1.35 bits per heavy atom. The van der Waals surface area contributed by atoms with Crippen molar-refractivity contribution in [3.05, 3.63) is 45.4 Å². The lowest BCUT2D eigenvalue weighted by Gasteiger charge is -2.11. The summed E-state index contributed by atoms with van der Waals surface area (Å²) in [5, 5.41) is 3.02. The summed E-state index contributed by atoms with van der Waals surface area (Å²) in [6.07, 6.45) is 0. The minimum Gasteiger partial charge on any atom is -0.486 e. The average molecular weight is 248 g/mol. The summed E-state index contributed by atoms with van der Waals surface area (Å²) < 4.78 is 5.83. The molecule has 0 spiro atoms. The average Bonchev–Trinajstić information content (AvgIpc) is 2.73. The van der Waals surface area contributed by atoms with E-state index in [4.69, 9.17) is 10.5 Å². The maximum absolute atomic E-state index is 5.83. The first-order valence-corrected chi connectivity index (χ1v) is 6.41. The molecule has 0 radical (unpaired) electrons. The van der Waals surface area contributed by atoms with Gasteiger partial charge < -0.3 is 10.5 Å². The zero-order valence-electron chi connectivity index (χ0n) is 10.1. The van der Waals surface area contributed by atoms with Crippen LogP contribution in [0.5, 0.6) is 5.75 Å². The van der Waals surface area contributed by atoms with Crippen LogP contribution < -0.4 is 10.5 Å². The summed E-state index contributed by atoms with van der Waals surface area (Å²) in [5.74, 6) is 0.892. The summed E-state index contributed by atoms with van der Waals surface area (Å²) in [5.41, 5.74) is 8.89. The third-order valence-corrected chi connectivity index (χ3v) is 3.46. The van der Waals surface area contributed by atoms with Crippen molar-refractivity contribution in [2.75, 3.05) is 0 Å². The quantitative estimate of drug-likeness (QED) is 0.905. The molecule has 2 rings (SSSR count). The van der Waals surface area contributed by atoms with Crippen molar-refractivity contribution in [1.82, 2.24) is 4.98 Å². The molecule has 90 valence electrons. The molecule has 0 saturated heterocycles. The van der Waals surface area contributed by atoms with E-state index < -0.39 is 0 Å². The summed E-state index contributed by atoms with van der Waals surface area (Å²) in [4.78, 5) is 4.37. The molecule has 0 atom stereocenters. The van der Waals surface area contributed by atoms with Gasteiger partial charge in [0.05, 0.1) is 0 Å². The maximum Gasteiger partial charge on any atom is 0.140 e. The number of para-hydroxylation sites is 1. The van der Waals surface area contributed by atoms with Gasteiger partial charge in [0, 0.05) is 23.2 Å². The van der Waals surface area contributed by atoms with E-state index in [0.29, 0.717) is 13.2 Å². The Bertz CT molecular complexity index is 508. The van der Waals surface area contributed by atoms with E-state index in [0.717, 1.165) is 27.6 Å². The molecule has 0 aliphatic rings. The number of ether oxygens (including phenoxy) is 1. The van der Waals surface area contributed by atoms with Gasteiger partial charge in [-0.3, -0.25) is 0 Å². The number of aromatic nitrogens is 1. The fourth-order valence-electron chi connectivity index (χ4n) is 1.68. The number of aryl methyl sites for hydroxylation is 2. The monoisotopic (exact) mass is 248 g/mol. The smallest absolute Gasteiger partial charge is 0.140 e. The van der Waals surface area contributed by atoms with E-state index in [1.165, 1.54) is 0 Å². The SMILES string of the molecule is Cc1csc(COc2c(C)cccc2CN)n1. The molecule has 2 aromatic rings. The van der Waals surface area contributed by atoms with Crippen LogP contribution in [0.1, 0.15) is 21.8 Å². The van der Waals surface area contributed by atoms with Gasteiger partial charge in [-0.2, -0.15) is 0 Å². The van der Waals surface area contributed by atoms with Crippen molar-refractivity contribution < 1.29 is 4.74 Å². The molecule has 0 bridgehead atoms. The van der Waals surface area contributed by atoms with Crippen LogP contribution in [0.15, 0.2) is 23.6 Å². The van der Waals surface area contributed by atoms with Crippen molar-refractivity contribution in [3.63, 3.8) is 0 Å². The topological polar surface area (TPSA) is 48.1 Å². The molecule has 1 heterocycles. The van der Waals surface area contributed by atoms with Gasteiger partial charge in [-0.15, -0.1) is 11.3 Å². The summed E-state index contributed by atoms with van der Waals surface area (Å²) in [7, 11) is 0. The Kier molecular flexibility index (Phi) is 3.76. The van der Waals surface area contributed by atoms with E-state index in [9.17, 15) is 0 Å². The standard InChI is InChI=1S/C13H16N2OS/c1-9-4-3-5-11(6-14)13(9)16-7-12-15-10(2)8-17-12/h3-5,8H,6-7,14H2,1-2H3. The van der Waals surface area contributed by atoms with Crippen LogP contribution in [0, 0.1) is 13.8 Å². The van der Waals surface area contributed by atoms with Gasteiger partial charge in [0.2, 0.25) is 0 Å². The first-order chi connectivity index (χ1) is 8.20. The minimum atomic E-state index is 0.494. The van der Waals surface area contributed by atoms with E-state index in [-0.39, 0.29) is 0 Å². The van der Waals surface area contributed by atoms with Crippen LogP contribution in [0.4, 0.5) is 0 Å². The molecule has 0 amide bonds. The van der Waals surface area contributed by atoms with Crippen molar-refractivity contribution in [1.29, 1.82) is 0 Å². The fourth-order valence-corrected chi connectivity index (χ4v) is 2.37. The van der Waals surface area contributed by atoms with Crippen molar-refractivity contribution in [2.45, 2.75) is 27.0 Å². The van der Waals surface area contributed by atoms with Gasteiger partial charge in [-0.1, -0.05) is 18.2 Å². The highest BCUT2D eigenvalue weighted by Crippen LogP contribution is 2.24. The molecular weight excluding hydrogens is 232 g/mol. The Labute approximate surface area is 105 Å². The first kappa shape index (κ1) is 12.1. The van der Waals surface area contributed by atoms with Gasteiger partial charge in [0.1, 0.15) is 17.4 Å². The Balaban J connectivity index is 2.13. The third-order valence-electron chi connectivity index (χ3n) is 2.52. The molecule has 0 fully saturated rings. The second-order valence-corrected chi connectivity index (χ2v) is 4.88. The lowest BCUT2D eigenvalue weighted by Crippen LogP contribution is -2.04. The zero-order chi connectivity index (χ0) is 12.3. The maximum atomic E-state index is 5.83. The molecule has 0 unspecified atom stereocenters. The van der Waals surface area contributed by atoms with Crippen molar-refractivity contribution >= 4 is 11.3 Å². The van der Waals surface area contributed by atoms with Crippen molar-refractivity contribution in [2.24, 2.45) is 5.73 Å². The Morgan fingerprint density at radius 3 is 2.82 bits per heavy atom. The molecule has 4 heteroatoms. The highest BCUT2D eigenvalue weighted by Gasteiger charge is 2.07. The van der Waals surface area contributed by atoms with E-state index >= 15 is 0 Å². The van der Waals surface area contributed by atoms with E-state index in [1.807, 2.05) is 37.4 Å². The van der Waals surface area contributed by atoms with Crippen LogP contribution >= 0.6 is 11.3 Å². The molecule has 0 saturated carbocycles. The van der Waals surface area contributed by atoms with Crippen molar-refractivity contribution in [3.8, 4) is 5.75 Å². The van der Waals surface area contributed by atoms with E-state index in [1.54, 1.807) is 11.3 Å². The largest absolute Gasteiger partial charge is 0.486 e. The Morgan fingerprint density at radius 2 is 2.18 bits per heavy atom. The second kappa shape index (κ2) is 5.29. The molecule has 17 heavy (non-hydrogen) atoms. The van der Waals surface area contributed by atoms with Crippen LogP contribution in [0.25, 0.3) is 0 Å². The Hall–Kier alpha value is -1.39. The minimum absolute atomic E-state index is 0.494. The number of nitrogens with two attached hydrogens (primary N) is 1. The van der Waals surface area contributed by atoms with Gasteiger partial charge in [-0.05, 0) is 19.4 Å². The lowest BCUT2D eigenvalue weighted by molar-refractivity contribution is 0.300. The van der Waals surface area contributed by atoms with Gasteiger partial charge >= 0.3 is 0 Å². The predicted octanol–water partition coefficient (Wildman–Crippen LogP) is 2.80. The number of thiazole rings is 1. The van der Waals surface area contributed by atoms with Gasteiger partial charge in [0.15, 0.2) is 0 Å². The van der Waals surface area contributed by atoms with Crippen LogP contribution in [-0.2, 0) is 13.2 Å². The molecule has 3 nitrogen and oxygen atoms in total. The predicted molar refractivity (Wildman–Crippen MR) is 70.3 cm³/mol. The van der Waals surface area contributed by atoms with Crippen LogP contribution in [0.3, 0.4) is 0 Å². The second-order valence-electron chi connectivity index (χ2n) is 3.94. The lowest BCUT2D eigenvalue weighted by atomic mass is 10.1. The van der Waals surface area contributed by atoms with Gasteiger partial charge in [0.25, 0.3) is 0 Å². The fraction of sp³-hybridized carbons (Fsp3) is 0.308. The molecule has 0 aliphatic carbocycles. The molecular formula is C13H16N2OS. The molecule has 1 aromatic heterocycles. The van der Waals surface area contributed by atoms with Crippen LogP contribution in [0.2, 0.25) is 0 Å². The highest BCUT2D eigenvalue weighted by molar-refractivity contribution is 7.09. The number of hydrogen-bond acceptors (Lipinski definition) is 4. The van der Waals surface area contributed by atoms with E-state index in [2.05, 4.69) is 4.98 Å². The van der Waals surface area contributed by atoms with Crippen LogP contribution in [-0.4, -0.2) is 4.98 Å². The number of rotatable bonds is 4. The number of benzene rings is 1. The summed E-state index contributed by atoms with van der Waals surface area (Å²) >= 11 is 1.62. The summed E-state index contributed by atoms with van der Waals surface area (Å²) in [6, 6.07) is 6.02. The molecule has 0 aliphatic heterocycles. The molecule has 1 aromatic carbocycles. The number of hydrogen-bond donors (Lipinski definition) is 1. The zero-order valence-corrected chi connectivity index (χ0v) is 10.9. The molecule has 2 N–H and O–H groups in total. The normalized spacial score (nSPS) is 10.5. The third kappa shape index (κ3) is 2.84. The first-order valence-electron chi connectivity index (χ1n) is 5.53. The summed E-state index contributed by atoms with van der Waals surface area (Å²) in [6.45, 7) is 5.02.